The first-order chi connectivity index (χ1) is 9.51. The monoisotopic (exact) mass is 406 g/mol. The summed E-state index contributed by atoms with van der Waals surface area (Å²) in [5.74, 6) is -0.237. The maximum atomic E-state index is 13.6. The first kappa shape index (κ1) is 15.5. The van der Waals surface area contributed by atoms with E-state index >= 15 is 0 Å². The van der Waals surface area contributed by atoms with Gasteiger partial charge in [0, 0.05) is 15.0 Å². The molecule has 0 heterocycles. The van der Waals surface area contributed by atoms with Crippen molar-refractivity contribution in [2.45, 2.75) is 12.5 Å². The number of hydrogen-bond acceptors (Lipinski definition) is 2. The minimum atomic E-state index is -0.728. The minimum absolute atomic E-state index is 0.195. The van der Waals surface area contributed by atoms with Gasteiger partial charge in [0.2, 0.25) is 0 Å². The number of methoxy groups -OCH3 is 1. The van der Waals surface area contributed by atoms with Gasteiger partial charge in [-0.2, -0.15) is 0 Å². The van der Waals surface area contributed by atoms with E-state index in [0.29, 0.717) is 17.0 Å². The molecule has 106 valence electrons. The van der Waals surface area contributed by atoms with Crippen LogP contribution in [0.2, 0.25) is 5.02 Å². The smallest absolute Gasteiger partial charge is 0.165 e. The third kappa shape index (κ3) is 3.62. The van der Waals surface area contributed by atoms with Crippen molar-refractivity contribution in [2.75, 3.05) is 7.11 Å². The second kappa shape index (κ2) is 6.74. The Labute approximate surface area is 135 Å². The largest absolute Gasteiger partial charge is 0.494 e. The number of ether oxygens (including phenoxy) is 1. The fraction of sp³-hybridized carbons (Fsp3) is 0.200. The summed E-state index contributed by atoms with van der Waals surface area (Å²) >= 11 is 8.08. The predicted octanol–water partition coefficient (Wildman–Crippen LogP) is 4.37. The van der Waals surface area contributed by atoms with E-state index in [0.717, 1.165) is 9.13 Å². The number of aliphatic hydroxyl groups is 1. The van der Waals surface area contributed by atoms with E-state index in [-0.39, 0.29) is 5.75 Å². The van der Waals surface area contributed by atoms with Gasteiger partial charge in [0.15, 0.2) is 11.6 Å². The maximum absolute atomic E-state index is 13.6. The Morgan fingerprint density at radius 3 is 2.70 bits per heavy atom. The molecule has 2 rings (SSSR count). The van der Waals surface area contributed by atoms with E-state index in [2.05, 4.69) is 22.6 Å². The summed E-state index contributed by atoms with van der Waals surface area (Å²) in [5.41, 5.74) is 1.45. The molecular formula is C15H13ClFIO2. The average Bonchev–Trinajstić information content (AvgIpc) is 2.41. The number of halogens is 3. The molecule has 1 atom stereocenters. The number of rotatable bonds is 4. The van der Waals surface area contributed by atoms with Gasteiger partial charge < -0.3 is 9.84 Å². The maximum Gasteiger partial charge on any atom is 0.165 e. The molecule has 0 aliphatic heterocycles. The second-order valence-electron chi connectivity index (χ2n) is 4.35. The van der Waals surface area contributed by atoms with E-state index in [1.54, 1.807) is 24.3 Å². The molecule has 0 aromatic heterocycles. The standard InChI is InChI=1S/C15H13ClFIO2/c1-20-15-5-2-9(6-12(15)17)7-14(19)11-8-10(16)3-4-13(11)18/h2-6,8,14,19H,7H2,1H3. The minimum Gasteiger partial charge on any atom is -0.494 e. The highest BCUT2D eigenvalue weighted by atomic mass is 127. The zero-order valence-corrected chi connectivity index (χ0v) is 13.7. The van der Waals surface area contributed by atoms with Gasteiger partial charge in [0.1, 0.15) is 0 Å². The molecule has 1 unspecified atom stereocenters. The molecule has 2 nitrogen and oxygen atoms in total. The predicted molar refractivity (Wildman–Crippen MR) is 85.8 cm³/mol. The van der Waals surface area contributed by atoms with Crippen LogP contribution in [-0.4, -0.2) is 12.2 Å². The average molecular weight is 407 g/mol. The van der Waals surface area contributed by atoms with Gasteiger partial charge in [-0.3, -0.25) is 0 Å². The Morgan fingerprint density at radius 2 is 2.05 bits per heavy atom. The van der Waals surface area contributed by atoms with Gasteiger partial charge in [-0.25, -0.2) is 4.39 Å². The van der Waals surface area contributed by atoms with Gasteiger partial charge in [-0.15, -0.1) is 0 Å². The van der Waals surface area contributed by atoms with Crippen LogP contribution in [0.1, 0.15) is 17.2 Å². The van der Waals surface area contributed by atoms with Gasteiger partial charge >= 0.3 is 0 Å². The van der Waals surface area contributed by atoms with Crippen molar-refractivity contribution in [3.63, 3.8) is 0 Å². The highest BCUT2D eigenvalue weighted by Gasteiger charge is 2.14. The fourth-order valence-corrected chi connectivity index (χ4v) is 2.82. The molecule has 5 heteroatoms. The van der Waals surface area contributed by atoms with Crippen LogP contribution in [0.4, 0.5) is 4.39 Å². The summed E-state index contributed by atoms with van der Waals surface area (Å²) in [5, 5.41) is 10.8. The third-order valence-corrected chi connectivity index (χ3v) is 4.18. The summed E-state index contributed by atoms with van der Waals surface area (Å²) in [6, 6.07) is 10.0. The lowest BCUT2D eigenvalue weighted by molar-refractivity contribution is 0.177. The van der Waals surface area contributed by atoms with Crippen molar-refractivity contribution in [3.8, 4) is 5.75 Å². The third-order valence-electron chi connectivity index (χ3n) is 2.96. The van der Waals surface area contributed by atoms with E-state index in [9.17, 15) is 9.50 Å². The van der Waals surface area contributed by atoms with Crippen molar-refractivity contribution in [3.05, 3.63) is 61.9 Å². The van der Waals surface area contributed by atoms with Crippen molar-refractivity contribution in [1.29, 1.82) is 0 Å². The van der Waals surface area contributed by atoms with Crippen molar-refractivity contribution in [2.24, 2.45) is 0 Å². The van der Waals surface area contributed by atoms with Crippen LogP contribution in [0.15, 0.2) is 36.4 Å². The Hall–Kier alpha value is -0.850. The summed E-state index contributed by atoms with van der Waals surface area (Å²) in [7, 11) is 1.42. The van der Waals surface area contributed by atoms with Crippen LogP contribution in [-0.2, 0) is 6.42 Å². The fourth-order valence-electron chi connectivity index (χ4n) is 1.94. The Morgan fingerprint density at radius 1 is 1.30 bits per heavy atom. The van der Waals surface area contributed by atoms with Gasteiger partial charge in [0.05, 0.1) is 13.2 Å². The molecule has 0 saturated carbocycles. The highest BCUT2D eigenvalue weighted by molar-refractivity contribution is 14.1. The van der Waals surface area contributed by atoms with Gasteiger partial charge in [-0.1, -0.05) is 17.7 Å². The Balaban J connectivity index is 2.21. The van der Waals surface area contributed by atoms with Crippen LogP contribution in [0, 0.1) is 9.39 Å². The molecule has 0 bridgehead atoms. The second-order valence-corrected chi connectivity index (χ2v) is 5.95. The summed E-state index contributed by atoms with van der Waals surface area (Å²) in [6.45, 7) is 0. The molecule has 0 saturated heterocycles. The molecular weight excluding hydrogens is 394 g/mol. The Kier molecular flexibility index (Phi) is 5.23. The molecule has 0 aliphatic rings. The molecule has 2 aromatic carbocycles. The molecule has 0 spiro atoms. The molecule has 0 aliphatic carbocycles. The SMILES string of the molecule is COc1ccc(CC(O)c2cc(Cl)ccc2I)cc1F. The van der Waals surface area contributed by atoms with E-state index in [1.165, 1.54) is 13.2 Å². The summed E-state index contributed by atoms with van der Waals surface area (Å²) in [6.07, 6.45) is -0.412. The molecule has 1 N–H and O–H groups in total. The van der Waals surface area contributed by atoms with Crippen LogP contribution < -0.4 is 4.74 Å². The lowest BCUT2D eigenvalue weighted by atomic mass is 10.0. The topological polar surface area (TPSA) is 29.5 Å². The summed E-state index contributed by atoms with van der Waals surface area (Å²) < 4.78 is 19.4. The zero-order chi connectivity index (χ0) is 14.7. The van der Waals surface area contributed by atoms with Crippen LogP contribution in [0.5, 0.6) is 5.75 Å². The molecule has 0 fully saturated rings. The van der Waals surface area contributed by atoms with E-state index in [1.807, 2.05) is 6.07 Å². The zero-order valence-electron chi connectivity index (χ0n) is 10.7. The van der Waals surface area contributed by atoms with E-state index < -0.39 is 11.9 Å². The van der Waals surface area contributed by atoms with Gasteiger partial charge in [0.25, 0.3) is 0 Å². The Bertz CT molecular complexity index is 619. The molecule has 0 radical (unpaired) electrons. The number of aliphatic hydroxyl groups excluding tert-OH is 1. The van der Waals surface area contributed by atoms with E-state index in [4.69, 9.17) is 16.3 Å². The molecule has 2 aromatic rings. The quantitative estimate of drug-likeness (QED) is 0.764. The van der Waals surface area contributed by atoms with Crippen LogP contribution in [0.25, 0.3) is 0 Å². The first-order valence-corrected chi connectivity index (χ1v) is 7.42. The lowest BCUT2D eigenvalue weighted by Crippen LogP contribution is -2.04. The summed E-state index contributed by atoms with van der Waals surface area (Å²) in [4.78, 5) is 0. The molecule has 20 heavy (non-hydrogen) atoms. The first-order valence-electron chi connectivity index (χ1n) is 5.96. The lowest BCUT2D eigenvalue weighted by Gasteiger charge is -2.14. The van der Waals surface area contributed by atoms with Crippen molar-refractivity contribution >= 4 is 34.2 Å². The number of benzene rings is 2. The van der Waals surface area contributed by atoms with Crippen molar-refractivity contribution < 1.29 is 14.2 Å². The van der Waals surface area contributed by atoms with Gasteiger partial charge in [-0.05, 0) is 64.0 Å². The highest BCUT2D eigenvalue weighted by Crippen LogP contribution is 2.27. The number of hydrogen-bond donors (Lipinski definition) is 1. The normalized spacial score (nSPS) is 12.2. The van der Waals surface area contributed by atoms with Crippen LogP contribution >= 0.6 is 34.2 Å². The van der Waals surface area contributed by atoms with Crippen LogP contribution in [0.3, 0.4) is 0 Å². The van der Waals surface area contributed by atoms with Crippen molar-refractivity contribution in [1.82, 2.24) is 0 Å². The molecule has 0 amide bonds.